The molecule has 2 saturated heterocycles. The zero-order valence-electron chi connectivity index (χ0n) is 17.4. The van der Waals surface area contributed by atoms with E-state index in [-0.39, 0.29) is 12.5 Å². The SMILES string of the molecule is O=C(NC[C@H]1CN(c2ccc(-n3cccc3CN3CCC3)cc2)C(=O)O1)c1ccc(Cl)s1. The molecule has 1 atom stereocenters. The summed E-state index contributed by atoms with van der Waals surface area (Å²) >= 11 is 7.10. The number of nitrogens with one attached hydrogen (secondary N) is 1. The highest BCUT2D eigenvalue weighted by molar-refractivity contribution is 7.18. The molecular weight excluding hydrogens is 448 g/mol. The number of anilines is 1. The minimum atomic E-state index is -0.408. The second-order valence-electron chi connectivity index (χ2n) is 7.95. The van der Waals surface area contributed by atoms with E-state index in [0.29, 0.717) is 15.8 Å². The Balaban J connectivity index is 1.20. The minimum Gasteiger partial charge on any atom is -0.442 e. The second-order valence-corrected chi connectivity index (χ2v) is 9.66. The van der Waals surface area contributed by atoms with E-state index in [1.807, 2.05) is 24.3 Å². The van der Waals surface area contributed by atoms with E-state index < -0.39 is 12.2 Å². The molecule has 0 bridgehead atoms. The van der Waals surface area contributed by atoms with Crippen LogP contribution in [0.1, 0.15) is 21.8 Å². The van der Waals surface area contributed by atoms with Gasteiger partial charge >= 0.3 is 6.09 Å². The summed E-state index contributed by atoms with van der Waals surface area (Å²) < 4.78 is 8.18. The Labute approximate surface area is 195 Å². The van der Waals surface area contributed by atoms with Crippen LogP contribution in [0.3, 0.4) is 0 Å². The molecule has 0 unspecified atom stereocenters. The van der Waals surface area contributed by atoms with Gasteiger partial charge in [-0.05, 0) is 68.0 Å². The van der Waals surface area contributed by atoms with Gasteiger partial charge in [0.25, 0.3) is 5.91 Å². The lowest BCUT2D eigenvalue weighted by Crippen LogP contribution is -2.36. The lowest BCUT2D eigenvalue weighted by molar-refractivity contribution is 0.0920. The van der Waals surface area contributed by atoms with Crippen LogP contribution in [0.5, 0.6) is 0 Å². The third-order valence-electron chi connectivity index (χ3n) is 5.77. The van der Waals surface area contributed by atoms with E-state index >= 15 is 0 Å². The highest BCUT2D eigenvalue weighted by Gasteiger charge is 2.32. The first-order chi connectivity index (χ1) is 15.6. The molecule has 9 heteroatoms. The first-order valence-corrected chi connectivity index (χ1v) is 11.8. The van der Waals surface area contributed by atoms with Crippen molar-refractivity contribution in [1.29, 1.82) is 0 Å². The first kappa shape index (κ1) is 21.1. The normalized spacial score (nSPS) is 18.5. The van der Waals surface area contributed by atoms with Gasteiger partial charge in [-0.3, -0.25) is 14.6 Å². The Morgan fingerprint density at radius 2 is 1.91 bits per heavy atom. The fraction of sp³-hybridized carbons (Fsp3) is 0.304. The molecule has 32 heavy (non-hydrogen) atoms. The molecule has 1 N–H and O–H groups in total. The van der Waals surface area contributed by atoms with Crippen LogP contribution in [0.4, 0.5) is 10.5 Å². The number of hydrogen-bond acceptors (Lipinski definition) is 5. The molecule has 4 heterocycles. The Bertz CT molecular complexity index is 1120. The molecule has 2 fully saturated rings. The fourth-order valence-corrected chi connectivity index (χ4v) is 4.89. The van der Waals surface area contributed by atoms with Gasteiger partial charge in [-0.15, -0.1) is 11.3 Å². The number of carbonyl (C=O) groups is 2. The maximum atomic E-state index is 12.4. The Morgan fingerprint density at radius 3 is 2.59 bits per heavy atom. The molecule has 2 aliphatic rings. The van der Waals surface area contributed by atoms with E-state index in [9.17, 15) is 9.59 Å². The van der Waals surface area contributed by atoms with Gasteiger partial charge in [0.15, 0.2) is 0 Å². The van der Waals surface area contributed by atoms with Crippen LogP contribution >= 0.6 is 22.9 Å². The number of hydrogen-bond donors (Lipinski definition) is 1. The Kier molecular flexibility index (Phi) is 5.91. The van der Waals surface area contributed by atoms with E-state index in [1.165, 1.54) is 23.5 Å². The minimum absolute atomic E-state index is 0.221. The van der Waals surface area contributed by atoms with Gasteiger partial charge in [0.2, 0.25) is 0 Å². The number of thiophene rings is 1. The van der Waals surface area contributed by atoms with Crippen molar-refractivity contribution in [3.05, 3.63) is 69.6 Å². The summed E-state index contributed by atoms with van der Waals surface area (Å²) in [5.41, 5.74) is 3.08. The van der Waals surface area contributed by atoms with Crippen molar-refractivity contribution in [3.8, 4) is 5.69 Å². The summed E-state index contributed by atoms with van der Waals surface area (Å²) in [6.07, 6.45) is 2.52. The maximum Gasteiger partial charge on any atom is 0.414 e. The van der Waals surface area contributed by atoms with Crippen LogP contribution in [-0.2, 0) is 11.3 Å². The molecule has 0 spiro atoms. The molecule has 166 valence electrons. The van der Waals surface area contributed by atoms with E-state index in [1.54, 1.807) is 17.0 Å². The molecule has 2 aliphatic heterocycles. The summed E-state index contributed by atoms with van der Waals surface area (Å²) in [7, 11) is 0. The molecular formula is C23H23ClN4O3S. The molecule has 0 radical (unpaired) electrons. The van der Waals surface area contributed by atoms with Crippen LogP contribution in [-0.4, -0.2) is 53.8 Å². The van der Waals surface area contributed by atoms with Gasteiger partial charge in [-0.1, -0.05) is 11.6 Å². The highest BCUT2D eigenvalue weighted by atomic mass is 35.5. The number of cyclic esters (lactones) is 1. The van der Waals surface area contributed by atoms with E-state index in [4.69, 9.17) is 16.3 Å². The van der Waals surface area contributed by atoms with Crippen molar-refractivity contribution in [2.75, 3.05) is 31.1 Å². The number of aromatic nitrogens is 1. The van der Waals surface area contributed by atoms with Crippen molar-refractivity contribution < 1.29 is 14.3 Å². The number of nitrogens with zero attached hydrogens (tertiary/aromatic N) is 3. The van der Waals surface area contributed by atoms with Gasteiger partial charge in [0, 0.05) is 29.8 Å². The van der Waals surface area contributed by atoms with Crippen LogP contribution in [0, 0.1) is 0 Å². The third kappa shape index (κ3) is 4.39. The topological polar surface area (TPSA) is 66.8 Å². The lowest BCUT2D eigenvalue weighted by atomic mass is 10.2. The highest BCUT2D eigenvalue weighted by Crippen LogP contribution is 2.25. The maximum absolute atomic E-state index is 12.4. The number of benzene rings is 1. The Hall–Kier alpha value is -2.81. The standard InChI is InChI=1S/C23H23ClN4O3S/c24-21-9-8-20(32-21)22(29)25-13-19-15-28(23(30)31-19)17-6-4-16(5-7-17)27-12-1-3-18(27)14-26-10-2-11-26/h1,3-9,12,19H,2,10-11,13-15H2,(H,25,29)/t19-/m0/s1. The monoisotopic (exact) mass is 470 g/mol. The lowest BCUT2D eigenvalue weighted by Gasteiger charge is -2.31. The van der Waals surface area contributed by atoms with E-state index in [0.717, 1.165) is 31.0 Å². The largest absolute Gasteiger partial charge is 0.442 e. The third-order valence-corrected chi connectivity index (χ3v) is 7.00. The average Bonchev–Trinajstić information content (AvgIpc) is 3.49. The molecule has 5 rings (SSSR count). The quantitative estimate of drug-likeness (QED) is 0.563. The van der Waals surface area contributed by atoms with Crippen LogP contribution in [0.2, 0.25) is 4.34 Å². The van der Waals surface area contributed by atoms with Gasteiger partial charge in [0.1, 0.15) is 6.10 Å². The average molecular weight is 471 g/mol. The molecule has 1 aromatic carbocycles. The van der Waals surface area contributed by atoms with E-state index in [2.05, 4.69) is 33.1 Å². The van der Waals surface area contributed by atoms with Crippen LogP contribution in [0.15, 0.2) is 54.7 Å². The summed E-state index contributed by atoms with van der Waals surface area (Å²) in [6.45, 7) is 3.89. The van der Waals surface area contributed by atoms with Gasteiger partial charge < -0.3 is 14.6 Å². The van der Waals surface area contributed by atoms with Gasteiger partial charge in [0.05, 0.1) is 22.3 Å². The number of halogens is 1. The smallest absolute Gasteiger partial charge is 0.414 e. The number of ether oxygens (including phenoxy) is 1. The zero-order valence-corrected chi connectivity index (χ0v) is 18.9. The molecule has 2 aromatic heterocycles. The van der Waals surface area contributed by atoms with Gasteiger partial charge in [-0.2, -0.15) is 0 Å². The summed E-state index contributed by atoms with van der Waals surface area (Å²) in [5, 5.41) is 2.81. The number of amides is 2. The van der Waals surface area contributed by atoms with Crippen molar-refractivity contribution in [2.24, 2.45) is 0 Å². The molecule has 2 amide bonds. The van der Waals surface area contributed by atoms with Gasteiger partial charge in [-0.25, -0.2) is 4.79 Å². The van der Waals surface area contributed by atoms with Crippen LogP contribution in [0.25, 0.3) is 5.69 Å². The number of carbonyl (C=O) groups excluding carboxylic acids is 2. The fourth-order valence-electron chi connectivity index (χ4n) is 3.93. The predicted octanol–water partition coefficient (Wildman–Crippen LogP) is 4.15. The first-order valence-electron chi connectivity index (χ1n) is 10.6. The van der Waals surface area contributed by atoms with Crippen molar-refractivity contribution in [2.45, 2.75) is 19.1 Å². The number of likely N-dealkylation sites (tertiary alicyclic amines) is 1. The van der Waals surface area contributed by atoms with Crippen molar-refractivity contribution in [1.82, 2.24) is 14.8 Å². The van der Waals surface area contributed by atoms with Crippen molar-refractivity contribution >= 4 is 40.6 Å². The van der Waals surface area contributed by atoms with Crippen LogP contribution < -0.4 is 10.2 Å². The number of rotatable bonds is 7. The zero-order chi connectivity index (χ0) is 22.1. The summed E-state index contributed by atoms with van der Waals surface area (Å²) in [6, 6.07) is 15.4. The Morgan fingerprint density at radius 1 is 1.12 bits per heavy atom. The molecule has 0 aliphatic carbocycles. The summed E-state index contributed by atoms with van der Waals surface area (Å²) in [5.74, 6) is -0.221. The summed E-state index contributed by atoms with van der Waals surface area (Å²) in [4.78, 5) is 29.1. The molecule has 3 aromatic rings. The molecule has 7 nitrogen and oxygen atoms in total. The predicted molar refractivity (Wildman–Crippen MR) is 125 cm³/mol. The van der Waals surface area contributed by atoms with Crippen molar-refractivity contribution in [3.63, 3.8) is 0 Å². The molecule has 0 saturated carbocycles. The second kappa shape index (κ2) is 8.97.